The number of hydrogen-bond acceptors (Lipinski definition) is 4. The second kappa shape index (κ2) is 9.98. The Morgan fingerprint density at radius 1 is 1.03 bits per heavy atom. The monoisotopic (exact) mass is 457 g/mol. The van der Waals surface area contributed by atoms with Crippen molar-refractivity contribution in [3.63, 3.8) is 0 Å². The molecule has 0 saturated carbocycles. The van der Waals surface area contributed by atoms with Crippen LogP contribution in [0.1, 0.15) is 40.9 Å². The molecule has 0 aromatic heterocycles. The van der Waals surface area contributed by atoms with Crippen LogP contribution in [0.5, 0.6) is 5.75 Å². The zero-order chi connectivity index (χ0) is 22.4. The Hall–Kier alpha value is -2.83. The Bertz CT molecular complexity index is 1160. The second-order valence-electron chi connectivity index (χ2n) is 7.18. The summed E-state index contributed by atoms with van der Waals surface area (Å²) in [5.41, 5.74) is 2.18. The van der Waals surface area contributed by atoms with Crippen LogP contribution in [0.2, 0.25) is 5.02 Å². The minimum absolute atomic E-state index is 0.234. The molecule has 0 heterocycles. The van der Waals surface area contributed by atoms with Crippen LogP contribution in [0, 0.1) is 0 Å². The number of nitrogens with one attached hydrogen (secondary N) is 1. The molecule has 31 heavy (non-hydrogen) atoms. The van der Waals surface area contributed by atoms with Gasteiger partial charge in [0, 0.05) is 22.4 Å². The maximum absolute atomic E-state index is 12.8. The maximum Gasteiger partial charge on any atom is 0.251 e. The van der Waals surface area contributed by atoms with E-state index in [0.29, 0.717) is 29.4 Å². The summed E-state index contributed by atoms with van der Waals surface area (Å²) in [4.78, 5) is 13.1. The molecule has 5 nitrogen and oxygen atoms in total. The van der Waals surface area contributed by atoms with Gasteiger partial charge in [0.15, 0.2) is 9.84 Å². The molecule has 1 amide bonds. The van der Waals surface area contributed by atoms with E-state index >= 15 is 0 Å². The molecular formula is C24H24ClNO4S. The third-order valence-electron chi connectivity index (χ3n) is 4.87. The quantitative estimate of drug-likeness (QED) is 0.504. The Morgan fingerprint density at radius 2 is 1.74 bits per heavy atom. The van der Waals surface area contributed by atoms with Gasteiger partial charge in [0.1, 0.15) is 12.4 Å². The molecule has 0 bridgehead atoms. The van der Waals surface area contributed by atoms with Crippen molar-refractivity contribution >= 4 is 27.3 Å². The van der Waals surface area contributed by atoms with Crippen LogP contribution < -0.4 is 10.1 Å². The fourth-order valence-corrected chi connectivity index (χ4v) is 3.93. The largest absolute Gasteiger partial charge is 0.489 e. The zero-order valence-corrected chi connectivity index (χ0v) is 18.9. The molecule has 3 aromatic rings. The number of benzene rings is 3. The summed E-state index contributed by atoms with van der Waals surface area (Å²) in [7, 11) is -3.26. The van der Waals surface area contributed by atoms with Crippen LogP contribution in [0.25, 0.3) is 0 Å². The number of amides is 1. The van der Waals surface area contributed by atoms with Gasteiger partial charge in [0.05, 0.1) is 10.9 Å². The van der Waals surface area contributed by atoms with Crippen molar-refractivity contribution in [3.05, 3.63) is 94.5 Å². The molecule has 0 aliphatic heterocycles. The number of sulfone groups is 1. The van der Waals surface area contributed by atoms with Crippen LogP contribution in [-0.4, -0.2) is 20.6 Å². The third-order valence-corrected chi connectivity index (χ3v) is 6.37. The zero-order valence-electron chi connectivity index (χ0n) is 17.3. The predicted molar refractivity (Wildman–Crippen MR) is 122 cm³/mol. The van der Waals surface area contributed by atoms with E-state index in [9.17, 15) is 13.2 Å². The highest BCUT2D eigenvalue weighted by atomic mass is 35.5. The lowest BCUT2D eigenvalue weighted by Gasteiger charge is -2.18. The molecular weight excluding hydrogens is 434 g/mol. The van der Waals surface area contributed by atoms with E-state index in [1.807, 2.05) is 25.1 Å². The van der Waals surface area contributed by atoms with Crippen LogP contribution >= 0.6 is 11.6 Å². The highest BCUT2D eigenvalue weighted by Crippen LogP contribution is 2.22. The molecule has 0 fully saturated rings. The summed E-state index contributed by atoms with van der Waals surface area (Å²) in [6, 6.07) is 20.7. The molecule has 162 valence electrons. The number of halogens is 1. The summed E-state index contributed by atoms with van der Waals surface area (Å²) >= 11 is 6.16. The second-order valence-corrected chi connectivity index (χ2v) is 9.61. The Labute approximate surface area is 187 Å². The number of rotatable bonds is 8. The van der Waals surface area contributed by atoms with Gasteiger partial charge in [-0.25, -0.2) is 8.42 Å². The topological polar surface area (TPSA) is 72.5 Å². The summed E-state index contributed by atoms with van der Waals surface area (Å²) in [6.45, 7) is 2.26. The van der Waals surface area contributed by atoms with Crippen molar-refractivity contribution in [3.8, 4) is 5.75 Å². The first-order valence-corrected chi connectivity index (χ1v) is 12.1. The molecule has 1 unspecified atom stereocenters. The van der Waals surface area contributed by atoms with E-state index < -0.39 is 9.84 Å². The molecule has 1 N–H and O–H groups in total. The van der Waals surface area contributed by atoms with E-state index in [2.05, 4.69) is 5.32 Å². The molecule has 0 saturated heterocycles. The van der Waals surface area contributed by atoms with Crippen molar-refractivity contribution in [2.75, 3.05) is 6.26 Å². The van der Waals surface area contributed by atoms with Gasteiger partial charge in [-0.2, -0.15) is 0 Å². The highest BCUT2D eigenvalue weighted by molar-refractivity contribution is 7.90. The minimum atomic E-state index is -3.26. The van der Waals surface area contributed by atoms with Gasteiger partial charge < -0.3 is 10.1 Å². The van der Waals surface area contributed by atoms with Crippen molar-refractivity contribution in [2.45, 2.75) is 30.9 Å². The van der Waals surface area contributed by atoms with Crippen molar-refractivity contribution in [1.29, 1.82) is 0 Å². The van der Waals surface area contributed by atoms with Gasteiger partial charge >= 0.3 is 0 Å². The van der Waals surface area contributed by atoms with Gasteiger partial charge in [-0.1, -0.05) is 54.9 Å². The van der Waals surface area contributed by atoms with E-state index in [1.165, 1.54) is 6.26 Å². The fraction of sp³-hybridized carbons (Fsp3) is 0.208. The average Bonchev–Trinajstić information content (AvgIpc) is 2.76. The van der Waals surface area contributed by atoms with E-state index in [1.54, 1.807) is 54.6 Å². The van der Waals surface area contributed by atoms with E-state index in [0.717, 1.165) is 11.1 Å². The molecule has 7 heteroatoms. The smallest absolute Gasteiger partial charge is 0.251 e. The average molecular weight is 458 g/mol. The first kappa shape index (κ1) is 22.8. The molecule has 1 atom stereocenters. The number of hydrogen-bond donors (Lipinski definition) is 1. The lowest BCUT2D eigenvalue weighted by atomic mass is 10.0. The van der Waals surface area contributed by atoms with Gasteiger partial charge in [0.2, 0.25) is 0 Å². The summed E-state index contributed by atoms with van der Waals surface area (Å²) in [6.07, 6.45) is 1.83. The lowest BCUT2D eigenvalue weighted by Crippen LogP contribution is -2.28. The number of carbonyl (C=O) groups excluding carboxylic acids is 1. The Balaban J connectivity index is 1.69. The molecule has 0 aliphatic carbocycles. The fourth-order valence-electron chi connectivity index (χ4n) is 3.11. The summed E-state index contributed by atoms with van der Waals surface area (Å²) in [5, 5.41) is 3.63. The minimum Gasteiger partial charge on any atom is -0.489 e. The molecule has 0 aliphatic rings. The van der Waals surface area contributed by atoms with Crippen molar-refractivity contribution < 1.29 is 17.9 Å². The normalized spacial score (nSPS) is 12.2. The van der Waals surface area contributed by atoms with E-state index in [-0.39, 0.29) is 16.8 Å². The first-order chi connectivity index (χ1) is 14.8. The highest BCUT2D eigenvalue weighted by Gasteiger charge is 2.16. The molecule has 0 radical (unpaired) electrons. The number of ether oxygens (including phenoxy) is 1. The van der Waals surface area contributed by atoms with Crippen LogP contribution in [0.4, 0.5) is 0 Å². The van der Waals surface area contributed by atoms with Crippen LogP contribution in [-0.2, 0) is 16.4 Å². The molecule has 3 aromatic carbocycles. The van der Waals surface area contributed by atoms with Crippen LogP contribution in [0.3, 0.4) is 0 Å². The van der Waals surface area contributed by atoms with Crippen molar-refractivity contribution in [2.24, 2.45) is 0 Å². The van der Waals surface area contributed by atoms with Gasteiger partial charge in [-0.15, -0.1) is 0 Å². The Morgan fingerprint density at radius 3 is 2.39 bits per heavy atom. The van der Waals surface area contributed by atoms with Gasteiger partial charge in [-0.05, 0) is 48.4 Å². The predicted octanol–water partition coefficient (Wildman–Crippen LogP) is 5.20. The Kier molecular flexibility index (Phi) is 7.36. The van der Waals surface area contributed by atoms with Gasteiger partial charge in [-0.3, -0.25) is 4.79 Å². The molecule has 0 spiro atoms. The lowest BCUT2D eigenvalue weighted by molar-refractivity contribution is 0.0935. The summed E-state index contributed by atoms with van der Waals surface area (Å²) < 4.78 is 29.1. The standard InChI is InChI=1S/C24H24ClNO4S/c1-3-23(17-11-13-21(14-12-17)31(2,28)29)26-24(27)18-8-6-9-20(15-18)30-16-19-7-4-5-10-22(19)25/h4-15,23H,3,16H2,1-2H3,(H,26,27). The molecule has 3 rings (SSSR count). The maximum atomic E-state index is 12.8. The van der Waals surface area contributed by atoms with Gasteiger partial charge in [0.25, 0.3) is 5.91 Å². The first-order valence-electron chi connectivity index (χ1n) is 9.85. The third kappa shape index (κ3) is 6.09. The summed E-state index contributed by atoms with van der Waals surface area (Å²) in [5.74, 6) is 0.334. The number of carbonyl (C=O) groups is 1. The van der Waals surface area contributed by atoms with E-state index in [4.69, 9.17) is 16.3 Å². The van der Waals surface area contributed by atoms with Crippen molar-refractivity contribution in [1.82, 2.24) is 5.32 Å². The SMILES string of the molecule is CCC(NC(=O)c1cccc(OCc2ccccc2Cl)c1)c1ccc(S(C)(=O)=O)cc1. The van der Waals surface area contributed by atoms with Crippen LogP contribution in [0.15, 0.2) is 77.7 Å².